The molecule has 0 saturated carbocycles. The Kier molecular flexibility index (Phi) is 4.70. The number of oxime groups is 1. The molecule has 0 aromatic carbocycles. The zero-order valence-electron chi connectivity index (χ0n) is 10.8. The summed E-state index contributed by atoms with van der Waals surface area (Å²) in [5.74, 6) is 0.547. The second-order valence-corrected chi connectivity index (χ2v) is 4.28. The second kappa shape index (κ2) is 6.04. The van der Waals surface area contributed by atoms with Gasteiger partial charge in [-0.25, -0.2) is 0 Å². The van der Waals surface area contributed by atoms with Gasteiger partial charge in [-0.2, -0.15) is 5.10 Å². The van der Waals surface area contributed by atoms with E-state index in [-0.39, 0.29) is 11.7 Å². The van der Waals surface area contributed by atoms with E-state index in [9.17, 15) is 4.79 Å². The summed E-state index contributed by atoms with van der Waals surface area (Å²) in [6, 6.07) is 0. The Balaban J connectivity index is 2.84. The summed E-state index contributed by atoms with van der Waals surface area (Å²) < 4.78 is 1.47. The highest BCUT2D eigenvalue weighted by atomic mass is 16.4. The lowest BCUT2D eigenvalue weighted by atomic mass is 10.1. The Hall–Kier alpha value is -2.05. The van der Waals surface area contributed by atoms with Crippen molar-refractivity contribution in [3.63, 3.8) is 0 Å². The number of rotatable bonds is 5. The Bertz CT molecular complexity index is 452. The van der Waals surface area contributed by atoms with Crippen molar-refractivity contribution in [2.24, 2.45) is 23.9 Å². The molecule has 0 radical (unpaired) electrons. The fourth-order valence-electron chi connectivity index (χ4n) is 1.47. The summed E-state index contributed by atoms with van der Waals surface area (Å²) in [5.41, 5.74) is 5.91. The van der Waals surface area contributed by atoms with Crippen LogP contribution in [0.25, 0.3) is 0 Å². The molecule has 0 spiro atoms. The lowest BCUT2D eigenvalue weighted by molar-refractivity contribution is -0.117. The van der Waals surface area contributed by atoms with Gasteiger partial charge < -0.3 is 16.3 Å². The number of nitrogens with one attached hydrogen (secondary N) is 1. The van der Waals surface area contributed by atoms with Crippen LogP contribution in [-0.2, 0) is 11.8 Å². The van der Waals surface area contributed by atoms with Crippen molar-refractivity contribution in [1.82, 2.24) is 9.78 Å². The van der Waals surface area contributed by atoms with Gasteiger partial charge in [0.05, 0.1) is 11.8 Å². The number of hydrogen-bond donors (Lipinski definition) is 3. The van der Waals surface area contributed by atoms with Gasteiger partial charge in [-0.3, -0.25) is 9.48 Å². The highest BCUT2D eigenvalue weighted by Crippen LogP contribution is 2.15. The van der Waals surface area contributed by atoms with Crippen molar-refractivity contribution >= 4 is 17.6 Å². The van der Waals surface area contributed by atoms with Gasteiger partial charge in [0.1, 0.15) is 5.82 Å². The van der Waals surface area contributed by atoms with Crippen LogP contribution in [0.2, 0.25) is 0 Å². The van der Waals surface area contributed by atoms with Gasteiger partial charge in [-0.05, 0) is 5.92 Å². The molecule has 0 saturated heterocycles. The van der Waals surface area contributed by atoms with Crippen LogP contribution in [0.1, 0.15) is 32.3 Å². The summed E-state index contributed by atoms with van der Waals surface area (Å²) in [5, 5.41) is 18.3. The molecule has 1 heterocycles. The van der Waals surface area contributed by atoms with Crippen molar-refractivity contribution in [3.8, 4) is 0 Å². The molecule has 1 aromatic rings. The maximum absolute atomic E-state index is 11.8. The van der Waals surface area contributed by atoms with Gasteiger partial charge in [0.15, 0.2) is 5.84 Å². The summed E-state index contributed by atoms with van der Waals surface area (Å²) in [6.07, 6.45) is 2.80. The SMILES string of the molecule is CCC(C)CC(=O)Nc1c(C(N)=NO)cnn1C. The fraction of sp³-hybridized carbons (Fsp3) is 0.545. The van der Waals surface area contributed by atoms with Gasteiger partial charge in [-0.15, -0.1) is 0 Å². The normalized spacial score (nSPS) is 13.4. The molecule has 1 amide bonds. The van der Waals surface area contributed by atoms with Crippen molar-refractivity contribution < 1.29 is 10.0 Å². The molecule has 4 N–H and O–H groups in total. The Morgan fingerprint density at radius 3 is 2.94 bits per heavy atom. The number of aryl methyl sites for hydroxylation is 1. The molecule has 100 valence electrons. The number of nitrogens with two attached hydrogens (primary N) is 1. The van der Waals surface area contributed by atoms with Crippen LogP contribution in [0.3, 0.4) is 0 Å². The van der Waals surface area contributed by atoms with E-state index in [1.807, 2.05) is 13.8 Å². The first-order chi connectivity index (χ1) is 8.49. The maximum Gasteiger partial charge on any atom is 0.225 e. The molecule has 0 fully saturated rings. The summed E-state index contributed by atoms with van der Waals surface area (Å²) >= 11 is 0. The topological polar surface area (TPSA) is 106 Å². The van der Waals surface area contributed by atoms with Gasteiger partial charge in [-0.1, -0.05) is 25.4 Å². The Labute approximate surface area is 106 Å². The van der Waals surface area contributed by atoms with E-state index in [0.717, 1.165) is 6.42 Å². The van der Waals surface area contributed by atoms with Crippen LogP contribution in [0, 0.1) is 5.92 Å². The van der Waals surface area contributed by atoms with Crippen molar-refractivity contribution in [3.05, 3.63) is 11.8 Å². The Morgan fingerprint density at radius 1 is 1.72 bits per heavy atom. The first kappa shape index (κ1) is 14.0. The number of hydrogen-bond acceptors (Lipinski definition) is 4. The number of anilines is 1. The van der Waals surface area contributed by atoms with E-state index in [0.29, 0.717) is 23.7 Å². The molecule has 0 aliphatic carbocycles. The van der Waals surface area contributed by atoms with Crippen LogP contribution in [0.5, 0.6) is 0 Å². The molecule has 1 rings (SSSR count). The molecule has 0 aliphatic heterocycles. The zero-order valence-corrected chi connectivity index (χ0v) is 10.8. The molecule has 1 atom stereocenters. The Morgan fingerprint density at radius 2 is 2.39 bits per heavy atom. The minimum absolute atomic E-state index is 0.0815. The molecule has 1 unspecified atom stereocenters. The first-order valence-electron chi connectivity index (χ1n) is 5.79. The number of nitrogens with zero attached hydrogens (tertiary/aromatic N) is 3. The molecule has 0 aliphatic rings. The smallest absolute Gasteiger partial charge is 0.225 e. The van der Waals surface area contributed by atoms with E-state index in [1.54, 1.807) is 7.05 Å². The third kappa shape index (κ3) is 3.22. The average molecular weight is 253 g/mol. The minimum atomic E-state index is -0.111. The van der Waals surface area contributed by atoms with Crippen LogP contribution in [0.4, 0.5) is 5.82 Å². The third-order valence-corrected chi connectivity index (χ3v) is 2.81. The van der Waals surface area contributed by atoms with E-state index >= 15 is 0 Å². The molecule has 18 heavy (non-hydrogen) atoms. The highest BCUT2D eigenvalue weighted by Gasteiger charge is 2.16. The van der Waals surface area contributed by atoms with E-state index in [1.165, 1.54) is 10.9 Å². The summed E-state index contributed by atoms with van der Waals surface area (Å²) in [4.78, 5) is 11.8. The molecular formula is C11H19N5O2. The molecule has 7 nitrogen and oxygen atoms in total. The second-order valence-electron chi connectivity index (χ2n) is 4.28. The van der Waals surface area contributed by atoms with E-state index in [2.05, 4.69) is 15.6 Å². The van der Waals surface area contributed by atoms with Crippen molar-refractivity contribution in [2.45, 2.75) is 26.7 Å². The minimum Gasteiger partial charge on any atom is -0.409 e. The van der Waals surface area contributed by atoms with Gasteiger partial charge in [0, 0.05) is 13.5 Å². The van der Waals surface area contributed by atoms with Crippen molar-refractivity contribution in [1.29, 1.82) is 0 Å². The quantitative estimate of drug-likeness (QED) is 0.313. The number of aromatic nitrogens is 2. The largest absolute Gasteiger partial charge is 0.409 e. The van der Waals surface area contributed by atoms with Gasteiger partial charge in [0.25, 0.3) is 0 Å². The maximum atomic E-state index is 11.8. The molecule has 0 bridgehead atoms. The standard InChI is InChI=1S/C11H19N5O2/c1-4-7(2)5-9(17)14-11-8(10(12)15-18)6-13-16(11)3/h6-7,18H,4-5H2,1-3H3,(H2,12,15)(H,14,17). The number of carbonyl (C=O) groups excluding carboxylic acids is 1. The number of amides is 1. The highest BCUT2D eigenvalue weighted by molar-refractivity contribution is 6.04. The number of carbonyl (C=O) groups is 1. The lowest BCUT2D eigenvalue weighted by Gasteiger charge is -2.10. The third-order valence-electron chi connectivity index (χ3n) is 2.81. The predicted molar refractivity (Wildman–Crippen MR) is 68.4 cm³/mol. The van der Waals surface area contributed by atoms with Crippen LogP contribution in [0.15, 0.2) is 11.4 Å². The van der Waals surface area contributed by atoms with E-state index < -0.39 is 0 Å². The molecular weight excluding hydrogens is 234 g/mol. The van der Waals surface area contributed by atoms with Crippen LogP contribution >= 0.6 is 0 Å². The van der Waals surface area contributed by atoms with E-state index in [4.69, 9.17) is 10.9 Å². The molecule has 7 heteroatoms. The average Bonchev–Trinajstić information content (AvgIpc) is 2.70. The van der Waals surface area contributed by atoms with Crippen LogP contribution in [-0.4, -0.2) is 26.7 Å². The van der Waals surface area contributed by atoms with Gasteiger partial charge >= 0.3 is 0 Å². The van der Waals surface area contributed by atoms with Crippen molar-refractivity contribution in [2.75, 3.05) is 5.32 Å². The van der Waals surface area contributed by atoms with Crippen LogP contribution < -0.4 is 11.1 Å². The first-order valence-corrected chi connectivity index (χ1v) is 5.79. The zero-order chi connectivity index (χ0) is 13.7. The predicted octanol–water partition coefficient (Wildman–Crippen LogP) is 0.889. The monoisotopic (exact) mass is 253 g/mol. The summed E-state index contributed by atoms with van der Waals surface area (Å²) in [6.45, 7) is 4.04. The molecule has 1 aromatic heterocycles. The van der Waals surface area contributed by atoms with Gasteiger partial charge in [0.2, 0.25) is 5.91 Å². The summed E-state index contributed by atoms with van der Waals surface area (Å²) in [7, 11) is 1.67. The lowest BCUT2D eigenvalue weighted by Crippen LogP contribution is -2.21. The fourth-order valence-corrected chi connectivity index (χ4v) is 1.47. The number of amidine groups is 1.